The number of hydrogen-bond acceptors (Lipinski definition) is 5. The molecule has 0 bridgehead atoms. The monoisotopic (exact) mass is 440 g/mol. The number of amidine groups is 1. The highest BCUT2D eigenvalue weighted by atomic mass is 35.5. The number of aromatic amines is 1. The fraction of sp³-hybridized carbons (Fsp3) is 0.0500. The SMILES string of the molecule is Cc1cc2nc(Nc3c(Cl)cccc3Cl)[nH]c2c2c1N=C(c1cccs1)[N]C2=O. The summed E-state index contributed by atoms with van der Waals surface area (Å²) in [5.74, 6) is 0.502. The highest BCUT2D eigenvalue weighted by Gasteiger charge is 2.28. The number of nitrogens with one attached hydrogen (secondary N) is 2. The summed E-state index contributed by atoms with van der Waals surface area (Å²) >= 11 is 14.0. The Hall–Kier alpha value is -2.87. The number of rotatable bonds is 3. The van der Waals surface area contributed by atoms with Crippen LogP contribution < -0.4 is 10.6 Å². The number of benzene rings is 2. The standard InChI is InChI=1S/C20H12Cl2N5OS/c1-9-8-12-17(26-20(23-12)25-16-10(21)4-2-5-11(16)22)14-15(9)24-18(27-19(14)28)13-6-3-7-29-13/h2-8H,1H3,(H2,23,25,26). The molecule has 0 saturated heterocycles. The fourth-order valence-electron chi connectivity index (χ4n) is 3.22. The van der Waals surface area contributed by atoms with E-state index < -0.39 is 0 Å². The lowest BCUT2D eigenvalue weighted by Gasteiger charge is -2.15. The minimum atomic E-state index is -0.349. The molecule has 2 N–H and O–H groups in total. The molecule has 4 aromatic rings. The number of aromatic nitrogens is 2. The number of H-pyrrole nitrogens is 1. The third-order valence-electron chi connectivity index (χ3n) is 4.53. The zero-order valence-corrected chi connectivity index (χ0v) is 17.3. The van der Waals surface area contributed by atoms with Crippen molar-refractivity contribution >= 4 is 74.6 Å². The highest BCUT2D eigenvalue weighted by Crippen LogP contribution is 2.37. The summed E-state index contributed by atoms with van der Waals surface area (Å²) < 4.78 is 0. The van der Waals surface area contributed by atoms with Crippen molar-refractivity contribution in [2.75, 3.05) is 5.32 Å². The van der Waals surface area contributed by atoms with Crippen LogP contribution in [0.1, 0.15) is 20.8 Å². The topological polar surface area (TPSA) is 84.2 Å². The fourth-order valence-corrected chi connectivity index (χ4v) is 4.37. The largest absolute Gasteiger partial charge is 0.323 e. The van der Waals surface area contributed by atoms with Crippen molar-refractivity contribution in [2.45, 2.75) is 6.92 Å². The van der Waals surface area contributed by atoms with E-state index in [-0.39, 0.29) is 5.91 Å². The molecule has 1 radical (unpaired) electrons. The van der Waals surface area contributed by atoms with Gasteiger partial charge in [0.1, 0.15) is 0 Å². The van der Waals surface area contributed by atoms with Crippen LogP contribution in [0.25, 0.3) is 11.0 Å². The third kappa shape index (κ3) is 3.07. The number of thiophene rings is 1. The number of aryl methyl sites for hydroxylation is 1. The Morgan fingerprint density at radius 3 is 2.66 bits per heavy atom. The van der Waals surface area contributed by atoms with E-state index >= 15 is 0 Å². The van der Waals surface area contributed by atoms with Crippen molar-refractivity contribution < 1.29 is 4.79 Å². The van der Waals surface area contributed by atoms with Gasteiger partial charge in [0.05, 0.1) is 42.9 Å². The number of hydrogen-bond donors (Lipinski definition) is 2. The van der Waals surface area contributed by atoms with Crippen molar-refractivity contribution in [2.24, 2.45) is 4.99 Å². The molecule has 6 nitrogen and oxygen atoms in total. The van der Waals surface area contributed by atoms with E-state index in [0.29, 0.717) is 49.8 Å². The normalized spacial score (nSPS) is 13.2. The number of fused-ring (bicyclic) bond motifs is 3. The smallest absolute Gasteiger partial charge is 0.283 e. The van der Waals surface area contributed by atoms with Crippen molar-refractivity contribution in [1.82, 2.24) is 15.3 Å². The summed E-state index contributed by atoms with van der Waals surface area (Å²) in [7, 11) is 0. The molecular weight excluding hydrogens is 429 g/mol. The molecule has 2 aromatic carbocycles. The number of anilines is 2. The zero-order chi connectivity index (χ0) is 20.1. The second-order valence-corrected chi connectivity index (χ2v) is 8.21. The first-order valence-corrected chi connectivity index (χ1v) is 10.3. The van der Waals surface area contributed by atoms with E-state index in [1.54, 1.807) is 18.2 Å². The maximum absolute atomic E-state index is 12.9. The van der Waals surface area contributed by atoms with Crippen LogP contribution in [-0.4, -0.2) is 21.7 Å². The number of imidazole rings is 1. The van der Waals surface area contributed by atoms with Crippen LogP contribution in [-0.2, 0) is 0 Å². The highest BCUT2D eigenvalue weighted by molar-refractivity contribution is 7.12. The number of para-hydroxylation sites is 1. The molecule has 0 aliphatic carbocycles. The average Bonchev–Trinajstić information content (AvgIpc) is 3.34. The maximum Gasteiger partial charge on any atom is 0.283 e. The van der Waals surface area contributed by atoms with Gasteiger partial charge < -0.3 is 10.3 Å². The van der Waals surface area contributed by atoms with Crippen LogP contribution in [0, 0.1) is 6.92 Å². The van der Waals surface area contributed by atoms with Crippen LogP contribution >= 0.6 is 34.5 Å². The van der Waals surface area contributed by atoms with Crippen LogP contribution in [0.3, 0.4) is 0 Å². The molecule has 143 valence electrons. The maximum atomic E-state index is 12.9. The summed E-state index contributed by atoms with van der Waals surface area (Å²) in [4.78, 5) is 26.1. The van der Waals surface area contributed by atoms with Gasteiger partial charge >= 0.3 is 0 Å². The molecule has 0 spiro atoms. The van der Waals surface area contributed by atoms with E-state index in [2.05, 4.69) is 25.6 Å². The van der Waals surface area contributed by atoms with Crippen molar-refractivity contribution in [3.8, 4) is 0 Å². The summed E-state index contributed by atoms with van der Waals surface area (Å²) in [6.45, 7) is 1.90. The molecule has 3 heterocycles. The van der Waals surface area contributed by atoms with Crippen LogP contribution in [0.2, 0.25) is 10.0 Å². The number of carbonyl (C=O) groups is 1. The average molecular weight is 441 g/mol. The summed E-state index contributed by atoms with van der Waals surface area (Å²) in [6.07, 6.45) is 0. The second-order valence-electron chi connectivity index (χ2n) is 6.45. The lowest BCUT2D eigenvalue weighted by atomic mass is 10.0. The van der Waals surface area contributed by atoms with E-state index in [4.69, 9.17) is 23.2 Å². The van der Waals surface area contributed by atoms with Gasteiger partial charge in [-0.1, -0.05) is 35.3 Å². The minimum absolute atomic E-state index is 0.349. The molecule has 2 aromatic heterocycles. The molecule has 1 amide bonds. The van der Waals surface area contributed by atoms with Gasteiger partial charge in [0.25, 0.3) is 5.91 Å². The zero-order valence-electron chi connectivity index (χ0n) is 15.0. The summed E-state index contributed by atoms with van der Waals surface area (Å²) in [5.41, 5.74) is 3.59. The molecule has 5 rings (SSSR count). The first-order valence-electron chi connectivity index (χ1n) is 8.64. The Kier molecular flexibility index (Phi) is 4.31. The van der Waals surface area contributed by atoms with Crippen LogP contribution in [0.15, 0.2) is 46.8 Å². The van der Waals surface area contributed by atoms with Gasteiger partial charge in [0.15, 0.2) is 5.84 Å². The van der Waals surface area contributed by atoms with Crippen molar-refractivity contribution in [1.29, 1.82) is 0 Å². The lowest BCUT2D eigenvalue weighted by molar-refractivity contribution is 0.0974. The lowest BCUT2D eigenvalue weighted by Crippen LogP contribution is -2.27. The molecular formula is C20H12Cl2N5OS. The number of aliphatic imine (C=N–C) groups is 1. The Morgan fingerprint density at radius 2 is 1.93 bits per heavy atom. The van der Waals surface area contributed by atoms with Gasteiger partial charge in [-0.25, -0.2) is 9.98 Å². The molecule has 0 saturated carbocycles. The van der Waals surface area contributed by atoms with Gasteiger partial charge in [-0.15, -0.1) is 11.3 Å². The number of nitrogens with zero attached hydrogens (tertiary/aromatic N) is 3. The van der Waals surface area contributed by atoms with E-state index in [1.807, 2.05) is 30.5 Å². The van der Waals surface area contributed by atoms with Crippen LogP contribution in [0.4, 0.5) is 17.3 Å². The van der Waals surface area contributed by atoms with E-state index in [9.17, 15) is 4.79 Å². The molecule has 1 aliphatic rings. The van der Waals surface area contributed by atoms with E-state index in [0.717, 1.165) is 10.4 Å². The molecule has 9 heteroatoms. The number of amides is 1. The van der Waals surface area contributed by atoms with Gasteiger partial charge in [-0.2, -0.15) is 5.32 Å². The quantitative estimate of drug-likeness (QED) is 0.420. The molecule has 0 fully saturated rings. The second kappa shape index (κ2) is 6.88. The van der Waals surface area contributed by atoms with Gasteiger partial charge in [0.2, 0.25) is 5.95 Å². The Balaban J connectivity index is 1.64. The predicted octanol–water partition coefficient (Wildman–Crippen LogP) is 5.82. The third-order valence-corrected chi connectivity index (χ3v) is 6.03. The first kappa shape index (κ1) is 18.2. The predicted molar refractivity (Wildman–Crippen MR) is 118 cm³/mol. The Morgan fingerprint density at radius 1 is 1.14 bits per heavy atom. The summed E-state index contributed by atoms with van der Waals surface area (Å²) in [5, 5.41) is 10.1. The van der Waals surface area contributed by atoms with Crippen molar-refractivity contribution in [3.05, 3.63) is 67.8 Å². The number of carbonyl (C=O) groups excluding carboxylic acids is 1. The minimum Gasteiger partial charge on any atom is -0.323 e. The van der Waals surface area contributed by atoms with E-state index in [1.165, 1.54) is 11.3 Å². The molecule has 0 atom stereocenters. The molecule has 1 aliphatic heterocycles. The van der Waals surface area contributed by atoms with Crippen LogP contribution in [0.5, 0.6) is 0 Å². The van der Waals surface area contributed by atoms with Gasteiger partial charge in [-0.05, 0) is 42.1 Å². The molecule has 0 unspecified atom stereocenters. The Labute approximate surface area is 179 Å². The van der Waals surface area contributed by atoms with Gasteiger partial charge in [-0.3, -0.25) is 4.79 Å². The van der Waals surface area contributed by atoms with Gasteiger partial charge in [0, 0.05) is 0 Å². The summed E-state index contributed by atoms with van der Waals surface area (Å²) in [6, 6.07) is 10.9. The van der Waals surface area contributed by atoms with Crippen molar-refractivity contribution in [3.63, 3.8) is 0 Å². The molecule has 29 heavy (non-hydrogen) atoms. The number of halogens is 2. The Bertz CT molecular complexity index is 1290. The first-order chi connectivity index (χ1) is 14.0.